The molecule has 0 aromatic carbocycles. The van der Waals surface area contributed by atoms with Gasteiger partial charge in [0.2, 0.25) is 0 Å². The number of unbranched alkanes of at least 4 members (excludes halogenated alkanes) is 2. The van der Waals surface area contributed by atoms with E-state index in [0.29, 0.717) is 43.0 Å². The van der Waals surface area contributed by atoms with Gasteiger partial charge in [-0.1, -0.05) is 33.6 Å². The van der Waals surface area contributed by atoms with Crippen LogP contribution in [0, 0.1) is 17.2 Å². The molecule has 2 heterocycles. The predicted molar refractivity (Wildman–Crippen MR) is 116 cm³/mol. The third kappa shape index (κ3) is 6.42. The van der Waals surface area contributed by atoms with Gasteiger partial charge >= 0.3 is 5.97 Å². The van der Waals surface area contributed by atoms with Crippen molar-refractivity contribution in [2.24, 2.45) is 21.6 Å². The fourth-order valence-electron chi connectivity index (χ4n) is 3.38. The van der Waals surface area contributed by atoms with Crippen molar-refractivity contribution in [1.82, 2.24) is 4.98 Å². The number of ether oxygens (including phenoxy) is 2. The van der Waals surface area contributed by atoms with Gasteiger partial charge in [0, 0.05) is 13.0 Å². The topological polar surface area (TPSA) is 126 Å². The van der Waals surface area contributed by atoms with Crippen LogP contribution in [0.5, 0.6) is 0 Å². The normalized spacial score (nSPS) is 22.0. The summed E-state index contributed by atoms with van der Waals surface area (Å²) < 4.78 is 11.3. The molecule has 1 fully saturated rings. The smallest absolute Gasteiger partial charge is 0.306 e. The number of nitriles is 1. The largest absolute Gasteiger partial charge is 0.463 e. The highest BCUT2D eigenvalue weighted by Crippen LogP contribution is 2.38. The Hall–Kier alpha value is -2.66. The molecule has 2 rings (SSSR count). The predicted octanol–water partition coefficient (Wildman–Crippen LogP) is 3.43. The summed E-state index contributed by atoms with van der Waals surface area (Å²) in [6.45, 7) is 6.89. The summed E-state index contributed by atoms with van der Waals surface area (Å²) in [4.78, 5) is 23.7. The van der Waals surface area contributed by atoms with Gasteiger partial charge in [-0.15, -0.1) is 0 Å². The molecule has 0 bridgehead atoms. The van der Waals surface area contributed by atoms with E-state index in [1.54, 1.807) is 0 Å². The van der Waals surface area contributed by atoms with E-state index in [1.807, 2.05) is 26.0 Å². The number of carbonyl (C=O) groups is 1. The van der Waals surface area contributed by atoms with Gasteiger partial charge in [0.1, 0.15) is 12.7 Å². The van der Waals surface area contributed by atoms with E-state index < -0.39 is 5.60 Å². The van der Waals surface area contributed by atoms with E-state index in [-0.39, 0.29) is 24.6 Å². The lowest BCUT2D eigenvalue weighted by molar-refractivity contribution is -0.149. The third-order valence-corrected chi connectivity index (χ3v) is 4.95. The molecule has 3 N–H and O–H groups in total. The Morgan fingerprint density at radius 1 is 1.50 bits per heavy atom. The second-order valence-electron chi connectivity index (χ2n) is 7.97. The van der Waals surface area contributed by atoms with Gasteiger partial charge in [0.05, 0.1) is 23.8 Å². The molecule has 0 aliphatic carbocycles. The van der Waals surface area contributed by atoms with E-state index in [4.69, 9.17) is 15.2 Å². The Labute approximate surface area is 178 Å². The Morgan fingerprint density at radius 3 is 2.97 bits per heavy atom. The molecular formula is C22H33N5O3. The molecule has 0 amide bonds. The highest BCUT2D eigenvalue weighted by atomic mass is 16.6. The number of nitrogens with one attached hydrogen (secondary N) is 1. The summed E-state index contributed by atoms with van der Waals surface area (Å²) in [5.41, 5.74) is 5.71. The molecular weight excluding hydrogens is 382 g/mol. The molecule has 1 aliphatic rings. The third-order valence-electron chi connectivity index (χ3n) is 4.95. The van der Waals surface area contributed by atoms with E-state index >= 15 is 0 Å². The maximum atomic E-state index is 11.8. The Kier molecular flexibility index (Phi) is 9.06. The van der Waals surface area contributed by atoms with Gasteiger partial charge in [0.25, 0.3) is 0 Å². The molecule has 164 valence electrons. The van der Waals surface area contributed by atoms with Crippen molar-refractivity contribution in [3.63, 3.8) is 0 Å². The molecule has 1 aromatic heterocycles. The lowest BCUT2D eigenvalue weighted by Crippen LogP contribution is -2.27. The number of H-pyrrole nitrogens is 1. The van der Waals surface area contributed by atoms with E-state index in [0.717, 1.165) is 19.3 Å². The minimum Gasteiger partial charge on any atom is -0.463 e. The second-order valence-corrected chi connectivity index (χ2v) is 7.97. The zero-order chi connectivity index (χ0) is 22.0. The van der Waals surface area contributed by atoms with Crippen LogP contribution in [0.2, 0.25) is 0 Å². The van der Waals surface area contributed by atoms with Gasteiger partial charge < -0.3 is 20.2 Å². The molecule has 2 atom stereocenters. The first kappa shape index (κ1) is 23.6. The lowest BCUT2D eigenvalue weighted by Gasteiger charge is -2.21. The van der Waals surface area contributed by atoms with Crippen LogP contribution in [0.4, 0.5) is 0 Å². The quantitative estimate of drug-likeness (QED) is 0.262. The maximum Gasteiger partial charge on any atom is 0.306 e. The van der Waals surface area contributed by atoms with Crippen LogP contribution in [0.15, 0.2) is 22.1 Å². The van der Waals surface area contributed by atoms with Crippen LogP contribution >= 0.6 is 0 Å². The number of aromatic amines is 1. The van der Waals surface area contributed by atoms with Crippen molar-refractivity contribution in [2.75, 3.05) is 13.2 Å². The first-order chi connectivity index (χ1) is 14.4. The fourth-order valence-corrected chi connectivity index (χ4v) is 3.38. The highest BCUT2D eigenvalue weighted by Gasteiger charge is 2.43. The van der Waals surface area contributed by atoms with Crippen LogP contribution in [-0.2, 0) is 19.9 Å². The molecule has 8 heteroatoms. The fraction of sp³-hybridized carbons (Fsp3) is 0.636. The van der Waals surface area contributed by atoms with Gasteiger partial charge in [-0.2, -0.15) is 5.26 Å². The Balaban J connectivity index is 2.06. The molecule has 0 saturated carbocycles. The van der Waals surface area contributed by atoms with Gasteiger partial charge in [0.15, 0.2) is 11.4 Å². The minimum absolute atomic E-state index is 0.157. The van der Waals surface area contributed by atoms with Gasteiger partial charge in [-0.25, -0.2) is 4.99 Å². The van der Waals surface area contributed by atoms with Crippen molar-refractivity contribution < 1.29 is 14.3 Å². The number of amidine groups is 1. The van der Waals surface area contributed by atoms with Gasteiger partial charge in [-0.05, 0) is 37.3 Å². The number of carbonyl (C=O) groups excluding carboxylic acids is 1. The van der Waals surface area contributed by atoms with Crippen LogP contribution < -0.4 is 5.73 Å². The summed E-state index contributed by atoms with van der Waals surface area (Å²) in [7, 11) is 0. The summed E-state index contributed by atoms with van der Waals surface area (Å²) in [5.74, 6) is 0.505. The number of aromatic nitrogens is 1. The number of hydrogen-bond donors (Lipinski definition) is 2. The number of hydrogen-bond acceptors (Lipinski definition) is 5. The maximum absolute atomic E-state index is 11.8. The summed E-state index contributed by atoms with van der Waals surface area (Å²) in [5, 5.41) is 9.85. The second kappa shape index (κ2) is 11.5. The molecule has 8 nitrogen and oxygen atoms in total. The average molecular weight is 416 g/mol. The zero-order valence-corrected chi connectivity index (χ0v) is 18.2. The number of nitrogens with two attached hydrogens (primary N) is 1. The molecule has 1 aromatic rings. The molecule has 1 saturated heterocycles. The average Bonchev–Trinajstić information content (AvgIpc) is 3.36. The number of aliphatic imine (C=N–C) groups is 2. The lowest BCUT2D eigenvalue weighted by atomic mass is 9.98. The molecule has 1 aliphatic heterocycles. The molecule has 30 heavy (non-hydrogen) atoms. The van der Waals surface area contributed by atoms with Crippen LogP contribution in [0.1, 0.15) is 70.7 Å². The summed E-state index contributed by atoms with van der Waals surface area (Å²) in [6.07, 6.45) is 5.63. The summed E-state index contributed by atoms with van der Waals surface area (Å²) in [6, 6.07) is 5.94. The molecule has 0 spiro atoms. The van der Waals surface area contributed by atoms with Crippen molar-refractivity contribution in [1.29, 1.82) is 5.26 Å². The number of nitrogens with zero attached hydrogens (tertiary/aromatic N) is 3. The van der Waals surface area contributed by atoms with E-state index in [2.05, 4.69) is 28.0 Å². The first-order valence-corrected chi connectivity index (χ1v) is 10.7. The monoisotopic (exact) mass is 415 g/mol. The van der Waals surface area contributed by atoms with Crippen molar-refractivity contribution in [3.8, 4) is 6.07 Å². The first-order valence-electron chi connectivity index (χ1n) is 10.7. The highest BCUT2D eigenvalue weighted by molar-refractivity contribution is 6.01. The minimum atomic E-state index is -1.10. The van der Waals surface area contributed by atoms with Crippen molar-refractivity contribution >= 4 is 18.1 Å². The van der Waals surface area contributed by atoms with Crippen molar-refractivity contribution in [2.45, 2.75) is 71.0 Å². The van der Waals surface area contributed by atoms with Crippen LogP contribution in [0.3, 0.4) is 0 Å². The number of rotatable bonds is 10. The van der Waals surface area contributed by atoms with E-state index in [9.17, 15) is 10.1 Å². The van der Waals surface area contributed by atoms with E-state index in [1.165, 1.54) is 6.34 Å². The van der Waals surface area contributed by atoms with Gasteiger partial charge in [-0.3, -0.25) is 9.79 Å². The summed E-state index contributed by atoms with van der Waals surface area (Å²) >= 11 is 0. The SMILES string of the molecule is CCCCCN=C(N=CN)c1ccc(C2(C#N)CCC(COC(=O)CC(C)C)O2)[nH]1. The number of esters is 1. The van der Waals surface area contributed by atoms with Crippen LogP contribution in [-0.4, -0.2) is 42.4 Å². The molecule has 2 unspecified atom stereocenters. The van der Waals surface area contributed by atoms with Crippen molar-refractivity contribution in [3.05, 3.63) is 23.5 Å². The zero-order valence-electron chi connectivity index (χ0n) is 18.2. The Morgan fingerprint density at radius 2 is 2.30 bits per heavy atom. The van der Waals surface area contributed by atoms with Crippen LogP contribution in [0.25, 0.3) is 0 Å². The standard InChI is InChI=1S/C22H33N5O3/c1-4-5-6-11-25-21(26-15-24)18-7-8-19(27-18)22(14-23)10-9-17(30-22)13-29-20(28)12-16(2)3/h7-8,15-17,27H,4-6,9-13H2,1-3H3,(H2,24,25,26). The Bertz CT molecular complexity index is 793. The molecule has 0 radical (unpaired) electrons.